The molecular formula is C30H28N2O. The van der Waals surface area contributed by atoms with Gasteiger partial charge in [0.15, 0.2) is 0 Å². The number of rotatable bonds is 5. The second-order valence-corrected chi connectivity index (χ2v) is 9.16. The van der Waals surface area contributed by atoms with E-state index in [0.29, 0.717) is 0 Å². The minimum absolute atomic E-state index is 0.0317. The Morgan fingerprint density at radius 2 is 1.39 bits per heavy atom. The van der Waals surface area contributed by atoms with E-state index in [1.807, 2.05) is 31.2 Å². The number of aryl methyl sites for hydroxylation is 2. The summed E-state index contributed by atoms with van der Waals surface area (Å²) in [5, 5.41) is 6.80. The van der Waals surface area contributed by atoms with Crippen LogP contribution in [0.3, 0.4) is 0 Å². The van der Waals surface area contributed by atoms with Gasteiger partial charge >= 0.3 is 0 Å². The molecule has 0 aromatic heterocycles. The van der Waals surface area contributed by atoms with Gasteiger partial charge in [-0.3, -0.25) is 4.79 Å². The third-order valence-electron chi connectivity index (χ3n) is 6.92. The van der Waals surface area contributed by atoms with Crippen molar-refractivity contribution < 1.29 is 4.79 Å². The number of nitrogens with zero attached hydrogens (tertiary/aromatic N) is 1. The van der Waals surface area contributed by atoms with E-state index in [1.165, 1.54) is 22.3 Å². The largest absolute Gasteiger partial charge is 0.273 e. The smallest absolute Gasteiger partial charge is 0.244 e. The molecule has 0 unspecified atom stereocenters. The van der Waals surface area contributed by atoms with Gasteiger partial charge in [0.25, 0.3) is 0 Å². The summed E-state index contributed by atoms with van der Waals surface area (Å²) in [5.74, 6) is -0.178. The highest BCUT2D eigenvalue weighted by molar-refractivity contribution is 6.10. The quantitative estimate of drug-likeness (QED) is 0.292. The molecule has 0 heterocycles. The Labute approximate surface area is 195 Å². The first-order valence-corrected chi connectivity index (χ1v) is 11.5. The fraction of sp³-hybridized carbons (Fsp3) is 0.200. The summed E-state index contributed by atoms with van der Waals surface area (Å²) in [6.45, 7) is 6.12. The Morgan fingerprint density at radius 1 is 0.818 bits per heavy atom. The van der Waals surface area contributed by atoms with Crippen molar-refractivity contribution in [2.75, 3.05) is 0 Å². The molecule has 1 N–H and O–H groups in total. The highest BCUT2D eigenvalue weighted by Gasteiger charge is 2.60. The molecular weight excluding hydrogens is 404 g/mol. The van der Waals surface area contributed by atoms with Gasteiger partial charge in [-0.25, -0.2) is 5.43 Å². The van der Waals surface area contributed by atoms with Gasteiger partial charge in [0.05, 0.1) is 11.6 Å². The average molecular weight is 433 g/mol. The van der Waals surface area contributed by atoms with E-state index in [4.69, 9.17) is 0 Å². The van der Waals surface area contributed by atoms with Gasteiger partial charge in [-0.1, -0.05) is 102 Å². The molecule has 0 aliphatic heterocycles. The number of hydrogen-bond donors (Lipinski definition) is 1. The summed E-state index contributed by atoms with van der Waals surface area (Å²) in [7, 11) is 0. The third-order valence-corrected chi connectivity index (χ3v) is 6.92. The molecule has 1 aliphatic rings. The zero-order valence-corrected chi connectivity index (χ0v) is 19.3. The number of amides is 1. The van der Waals surface area contributed by atoms with Crippen molar-refractivity contribution in [2.45, 2.75) is 32.6 Å². The second-order valence-electron chi connectivity index (χ2n) is 9.16. The van der Waals surface area contributed by atoms with Crippen LogP contribution in [0.1, 0.15) is 41.2 Å². The first-order chi connectivity index (χ1) is 16.0. The van der Waals surface area contributed by atoms with Crippen LogP contribution in [0.4, 0.5) is 0 Å². The van der Waals surface area contributed by atoms with Crippen LogP contribution >= 0.6 is 0 Å². The third kappa shape index (κ3) is 3.84. The maximum absolute atomic E-state index is 13.3. The minimum Gasteiger partial charge on any atom is -0.273 e. The van der Waals surface area contributed by atoms with Crippen LogP contribution in [0, 0.1) is 19.8 Å². The average Bonchev–Trinajstić information content (AvgIpc) is 3.60. The van der Waals surface area contributed by atoms with Crippen LogP contribution in [0.5, 0.6) is 0 Å². The van der Waals surface area contributed by atoms with E-state index < -0.39 is 0 Å². The van der Waals surface area contributed by atoms with Crippen molar-refractivity contribution in [3.05, 3.63) is 119 Å². The van der Waals surface area contributed by atoms with Gasteiger partial charge in [0.2, 0.25) is 5.91 Å². The molecule has 0 radical (unpaired) electrons. The monoisotopic (exact) mass is 432 g/mol. The number of hydrogen-bond acceptors (Lipinski definition) is 2. The molecule has 1 saturated carbocycles. The summed E-state index contributed by atoms with van der Waals surface area (Å²) in [6.07, 6.45) is 0.786. The SMILES string of the molecule is C/C(=N\NC(=O)[C@@H]1CC1(c1ccc(C)cc1)c1ccc(C)cc1)c1cccc2ccccc12. The molecule has 4 aromatic carbocycles. The normalized spacial score (nSPS) is 17.1. The zero-order chi connectivity index (χ0) is 23.0. The fourth-order valence-corrected chi connectivity index (χ4v) is 4.90. The molecule has 3 heteroatoms. The van der Waals surface area contributed by atoms with E-state index in [-0.39, 0.29) is 17.2 Å². The maximum atomic E-state index is 13.3. The first-order valence-electron chi connectivity index (χ1n) is 11.5. The van der Waals surface area contributed by atoms with Crippen LogP contribution in [0.2, 0.25) is 0 Å². The van der Waals surface area contributed by atoms with Crippen molar-refractivity contribution in [1.82, 2.24) is 5.43 Å². The van der Waals surface area contributed by atoms with Crippen LogP contribution in [0.25, 0.3) is 10.8 Å². The number of carbonyl (C=O) groups is 1. The Balaban J connectivity index is 1.43. The highest BCUT2D eigenvalue weighted by atomic mass is 16.2. The van der Waals surface area contributed by atoms with E-state index in [1.54, 1.807) is 0 Å². The zero-order valence-electron chi connectivity index (χ0n) is 19.3. The van der Waals surface area contributed by atoms with Crippen molar-refractivity contribution in [3.8, 4) is 0 Å². The highest BCUT2D eigenvalue weighted by Crippen LogP contribution is 2.59. The Bertz CT molecular complexity index is 1300. The van der Waals surface area contributed by atoms with E-state index in [9.17, 15) is 4.79 Å². The molecule has 164 valence electrons. The second kappa shape index (κ2) is 8.32. The van der Waals surface area contributed by atoms with Gasteiger partial charge in [-0.05, 0) is 49.1 Å². The first kappa shape index (κ1) is 21.1. The van der Waals surface area contributed by atoms with Gasteiger partial charge in [0, 0.05) is 11.0 Å². The molecule has 1 aliphatic carbocycles. The van der Waals surface area contributed by atoms with Crippen molar-refractivity contribution in [2.24, 2.45) is 11.0 Å². The molecule has 1 amide bonds. The minimum atomic E-state index is -0.297. The fourth-order valence-electron chi connectivity index (χ4n) is 4.90. The summed E-state index contributed by atoms with van der Waals surface area (Å²) in [4.78, 5) is 13.3. The summed E-state index contributed by atoms with van der Waals surface area (Å²) in [5.41, 5.74) is 9.22. The standard InChI is InChI=1S/C30H28N2O/c1-20-11-15-24(16-12-20)30(25-17-13-21(2)14-18-25)19-28(30)29(33)32-31-22(3)26-10-6-8-23-7-4-5-9-27(23)26/h4-18,28H,19H2,1-3H3,(H,32,33)/b31-22+/t28-/m0/s1. The number of fused-ring (bicyclic) bond motifs is 1. The number of nitrogens with one attached hydrogen (secondary N) is 1. The van der Waals surface area contributed by atoms with Gasteiger partial charge in [-0.15, -0.1) is 0 Å². The Kier molecular flexibility index (Phi) is 5.33. The number of carbonyl (C=O) groups excluding carboxylic acids is 1. The topological polar surface area (TPSA) is 41.5 Å². The number of benzene rings is 4. The predicted octanol–water partition coefficient (Wildman–Crippen LogP) is 6.30. The molecule has 1 fully saturated rings. The summed E-state index contributed by atoms with van der Waals surface area (Å²) in [6, 6.07) is 31.5. The lowest BCUT2D eigenvalue weighted by molar-refractivity contribution is -0.122. The summed E-state index contributed by atoms with van der Waals surface area (Å²) >= 11 is 0. The van der Waals surface area contributed by atoms with Crippen LogP contribution in [-0.2, 0) is 10.2 Å². The van der Waals surface area contributed by atoms with Crippen molar-refractivity contribution in [1.29, 1.82) is 0 Å². The van der Waals surface area contributed by atoms with Gasteiger partial charge in [0.1, 0.15) is 0 Å². The van der Waals surface area contributed by atoms with Crippen LogP contribution in [-0.4, -0.2) is 11.6 Å². The lowest BCUT2D eigenvalue weighted by atomic mass is 9.85. The van der Waals surface area contributed by atoms with Crippen LogP contribution in [0.15, 0.2) is 96.1 Å². The van der Waals surface area contributed by atoms with Gasteiger partial charge < -0.3 is 0 Å². The molecule has 0 saturated heterocycles. The molecule has 3 nitrogen and oxygen atoms in total. The van der Waals surface area contributed by atoms with Crippen molar-refractivity contribution in [3.63, 3.8) is 0 Å². The maximum Gasteiger partial charge on any atom is 0.244 e. The molecule has 4 aromatic rings. The molecule has 0 spiro atoms. The van der Waals surface area contributed by atoms with E-state index >= 15 is 0 Å². The molecule has 1 atom stereocenters. The van der Waals surface area contributed by atoms with E-state index in [2.05, 4.69) is 91.1 Å². The van der Waals surface area contributed by atoms with E-state index in [0.717, 1.165) is 28.5 Å². The van der Waals surface area contributed by atoms with Crippen LogP contribution < -0.4 is 5.43 Å². The van der Waals surface area contributed by atoms with Gasteiger partial charge in [-0.2, -0.15) is 5.10 Å². The lowest BCUT2D eigenvalue weighted by Gasteiger charge is -2.19. The lowest BCUT2D eigenvalue weighted by Crippen LogP contribution is -2.26. The Hall–Kier alpha value is -3.72. The summed E-state index contributed by atoms with van der Waals surface area (Å²) < 4.78 is 0. The molecule has 33 heavy (non-hydrogen) atoms. The molecule has 0 bridgehead atoms. The predicted molar refractivity (Wildman–Crippen MR) is 136 cm³/mol. The Morgan fingerprint density at radius 3 is 2.03 bits per heavy atom. The molecule has 5 rings (SSSR count). The number of hydrazone groups is 1. The van der Waals surface area contributed by atoms with Crippen molar-refractivity contribution >= 4 is 22.4 Å².